The highest BCUT2D eigenvalue weighted by Crippen LogP contribution is 2.23. The van der Waals surface area contributed by atoms with Gasteiger partial charge in [-0.15, -0.1) is 0 Å². The van der Waals surface area contributed by atoms with Crippen molar-refractivity contribution in [3.63, 3.8) is 0 Å². The third kappa shape index (κ3) is 6.00. The largest absolute Gasteiger partial charge is 0.354 e. The molecule has 3 aromatic rings. The Balaban J connectivity index is 1.37. The number of benzene rings is 1. The number of carbonyl (C=O) groups excluding carboxylic acids is 2. The summed E-state index contributed by atoms with van der Waals surface area (Å²) in [4.78, 5) is 39.9. The van der Waals surface area contributed by atoms with Crippen LogP contribution in [-0.4, -0.2) is 51.8 Å². The lowest BCUT2D eigenvalue weighted by atomic mass is 9.95. The highest BCUT2D eigenvalue weighted by molar-refractivity contribution is 5.94. The number of nitrogens with one attached hydrogen (secondary N) is 1. The van der Waals surface area contributed by atoms with Crippen molar-refractivity contribution in [3.05, 3.63) is 89.3 Å². The van der Waals surface area contributed by atoms with Crippen LogP contribution in [-0.2, 0) is 12.8 Å². The molecule has 1 aliphatic heterocycles. The van der Waals surface area contributed by atoms with Gasteiger partial charge in [0.1, 0.15) is 12.0 Å². The van der Waals surface area contributed by atoms with Gasteiger partial charge in [0, 0.05) is 49.7 Å². The minimum absolute atomic E-state index is 0.0660. The molecule has 7 nitrogen and oxygen atoms in total. The predicted molar refractivity (Wildman–Crippen MR) is 126 cm³/mol. The molecular formula is C26H29N5O2. The number of amides is 2. The molecule has 1 N–H and O–H groups in total. The monoisotopic (exact) mass is 443 g/mol. The van der Waals surface area contributed by atoms with E-state index < -0.39 is 0 Å². The molecule has 33 heavy (non-hydrogen) atoms. The summed E-state index contributed by atoms with van der Waals surface area (Å²) in [7, 11) is 1.59. The van der Waals surface area contributed by atoms with Crippen molar-refractivity contribution in [1.82, 2.24) is 25.2 Å². The second-order valence-corrected chi connectivity index (χ2v) is 8.47. The van der Waals surface area contributed by atoms with Crippen LogP contribution in [0.1, 0.15) is 57.1 Å². The third-order valence-corrected chi connectivity index (χ3v) is 6.11. The number of nitrogens with zero attached hydrogens (tertiary/aromatic N) is 4. The van der Waals surface area contributed by atoms with Crippen LogP contribution in [0.4, 0.5) is 0 Å². The van der Waals surface area contributed by atoms with Crippen molar-refractivity contribution in [2.24, 2.45) is 5.92 Å². The Hall–Kier alpha value is -3.61. The summed E-state index contributed by atoms with van der Waals surface area (Å²) < 4.78 is 0. The average molecular weight is 444 g/mol. The summed E-state index contributed by atoms with van der Waals surface area (Å²) in [6.45, 7) is 1.46. The van der Waals surface area contributed by atoms with Gasteiger partial charge < -0.3 is 10.2 Å². The standard InChI is InChI=1S/C26H29N5O2/c1-27-25(32)24-17-23(29-18-30-24)15-20-8-5-12-31(13-10-20)26(33)21-9-11-28-22(16-21)14-19-6-3-2-4-7-19/h2-4,6-7,9,11,16-18,20H,5,8,10,12-15H2,1H3,(H,27,32). The van der Waals surface area contributed by atoms with Gasteiger partial charge in [-0.3, -0.25) is 14.6 Å². The zero-order valence-corrected chi connectivity index (χ0v) is 18.9. The van der Waals surface area contributed by atoms with E-state index in [4.69, 9.17) is 0 Å². The molecule has 1 atom stereocenters. The molecule has 3 heterocycles. The van der Waals surface area contributed by atoms with E-state index in [0.717, 1.165) is 43.6 Å². The Labute approximate surface area is 194 Å². The molecule has 0 radical (unpaired) electrons. The number of aromatic nitrogens is 3. The minimum Gasteiger partial charge on any atom is -0.354 e. The summed E-state index contributed by atoms with van der Waals surface area (Å²) >= 11 is 0. The van der Waals surface area contributed by atoms with Crippen molar-refractivity contribution in [2.75, 3.05) is 20.1 Å². The summed E-state index contributed by atoms with van der Waals surface area (Å²) in [5.41, 5.74) is 4.03. The number of pyridine rings is 1. The average Bonchev–Trinajstić information content (AvgIpc) is 3.09. The first-order chi connectivity index (χ1) is 16.1. The number of rotatable bonds is 6. The number of carbonyl (C=O) groups is 2. The molecule has 2 amide bonds. The molecule has 0 bridgehead atoms. The van der Waals surface area contributed by atoms with Gasteiger partial charge in [-0.2, -0.15) is 0 Å². The lowest BCUT2D eigenvalue weighted by Gasteiger charge is -2.21. The molecule has 1 saturated heterocycles. The van der Waals surface area contributed by atoms with E-state index in [9.17, 15) is 9.59 Å². The van der Waals surface area contributed by atoms with E-state index in [0.29, 0.717) is 30.1 Å². The zero-order valence-electron chi connectivity index (χ0n) is 18.9. The van der Waals surface area contributed by atoms with Crippen molar-refractivity contribution in [1.29, 1.82) is 0 Å². The summed E-state index contributed by atoms with van der Waals surface area (Å²) in [6, 6.07) is 15.6. The normalized spacial score (nSPS) is 16.2. The molecule has 7 heteroatoms. The Morgan fingerprint density at radius 3 is 2.67 bits per heavy atom. The van der Waals surface area contributed by atoms with Crippen molar-refractivity contribution in [2.45, 2.75) is 32.1 Å². The van der Waals surface area contributed by atoms with Gasteiger partial charge in [-0.25, -0.2) is 9.97 Å². The molecule has 0 spiro atoms. The number of hydrogen-bond acceptors (Lipinski definition) is 5. The first-order valence-corrected chi connectivity index (χ1v) is 11.4. The molecule has 0 aliphatic carbocycles. The minimum atomic E-state index is -0.208. The van der Waals surface area contributed by atoms with Crippen LogP contribution in [0.5, 0.6) is 0 Å². The Morgan fingerprint density at radius 1 is 1.00 bits per heavy atom. The number of likely N-dealkylation sites (tertiary alicyclic amines) is 1. The van der Waals surface area contributed by atoms with Gasteiger partial charge >= 0.3 is 0 Å². The smallest absolute Gasteiger partial charge is 0.269 e. The van der Waals surface area contributed by atoms with Crippen molar-refractivity contribution < 1.29 is 9.59 Å². The fraction of sp³-hybridized carbons (Fsp3) is 0.346. The van der Waals surface area contributed by atoms with Crippen LogP contribution < -0.4 is 5.32 Å². The Bertz CT molecular complexity index is 1100. The lowest BCUT2D eigenvalue weighted by molar-refractivity contribution is 0.0759. The fourth-order valence-electron chi connectivity index (χ4n) is 4.33. The van der Waals surface area contributed by atoms with E-state index in [-0.39, 0.29) is 11.8 Å². The van der Waals surface area contributed by atoms with Crippen molar-refractivity contribution in [3.8, 4) is 0 Å². The Morgan fingerprint density at radius 2 is 1.85 bits per heavy atom. The first-order valence-electron chi connectivity index (χ1n) is 11.4. The van der Waals surface area contributed by atoms with Gasteiger partial charge in [0.05, 0.1) is 0 Å². The van der Waals surface area contributed by atoms with Crippen LogP contribution in [0.2, 0.25) is 0 Å². The topological polar surface area (TPSA) is 88.1 Å². The van der Waals surface area contributed by atoms with E-state index in [1.807, 2.05) is 29.2 Å². The lowest BCUT2D eigenvalue weighted by Crippen LogP contribution is -2.32. The summed E-state index contributed by atoms with van der Waals surface area (Å²) in [5, 5.41) is 2.60. The number of hydrogen-bond donors (Lipinski definition) is 1. The highest BCUT2D eigenvalue weighted by Gasteiger charge is 2.23. The molecule has 0 saturated carbocycles. The van der Waals surface area contributed by atoms with E-state index in [1.165, 1.54) is 11.9 Å². The summed E-state index contributed by atoms with van der Waals surface area (Å²) in [6.07, 6.45) is 7.55. The van der Waals surface area contributed by atoms with Gasteiger partial charge in [0.25, 0.3) is 11.8 Å². The molecular weight excluding hydrogens is 414 g/mol. The third-order valence-electron chi connectivity index (χ3n) is 6.11. The maximum atomic E-state index is 13.2. The second-order valence-electron chi connectivity index (χ2n) is 8.47. The van der Waals surface area contributed by atoms with Crippen LogP contribution in [0.3, 0.4) is 0 Å². The quantitative estimate of drug-likeness (QED) is 0.632. The molecule has 1 unspecified atom stereocenters. The van der Waals surface area contributed by atoms with Gasteiger partial charge in [-0.1, -0.05) is 30.3 Å². The molecule has 170 valence electrons. The van der Waals surface area contributed by atoms with Crippen LogP contribution in [0.25, 0.3) is 0 Å². The highest BCUT2D eigenvalue weighted by atomic mass is 16.2. The molecule has 1 fully saturated rings. The molecule has 1 aliphatic rings. The molecule has 2 aromatic heterocycles. The van der Waals surface area contributed by atoms with E-state index in [1.54, 1.807) is 25.4 Å². The van der Waals surface area contributed by atoms with Crippen LogP contribution in [0.15, 0.2) is 61.1 Å². The van der Waals surface area contributed by atoms with Crippen molar-refractivity contribution >= 4 is 11.8 Å². The zero-order chi connectivity index (χ0) is 23.0. The fourth-order valence-corrected chi connectivity index (χ4v) is 4.33. The molecule has 4 rings (SSSR count). The first kappa shape index (κ1) is 22.6. The summed E-state index contributed by atoms with van der Waals surface area (Å²) in [5.74, 6) is 0.276. The van der Waals surface area contributed by atoms with E-state index in [2.05, 4.69) is 32.4 Å². The SMILES string of the molecule is CNC(=O)c1cc(CC2CCCN(C(=O)c3ccnc(Cc4ccccc4)c3)CC2)ncn1. The Kier molecular flexibility index (Phi) is 7.40. The molecule has 1 aromatic carbocycles. The van der Waals surface area contributed by atoms with Gasteiger partial charge in [-0.05, 0) is 55.4 Å². The van der Waals surface area contributed by atoms with Crippen LogP contribution in [0, 0.1) is 5.92 Å². The van der Waals surface area contributed by atoms with E-state index >= 15 is 0 Å². The van der Waals surface area contributed by atoms with Gasteiger partial charge in [0.2, 0.25) is 0 Å². The second kappa shape index (κ2) is 10.8. The van der Waals surface area contributed by atoms with Crippen LogP contribution >= 0.6 is 0 Å². The predicted octanol–water partition coefficient (Wildman–Crippen LogP) is 3.31. The maximum absolute atomic E-state index is 13.2. The van der Waals surface area contributed by atoms with Gasteiger partial charge in [0.15, 0.2) is 0 Å². The maximum Gasteiger partial charge on any atom is 0.269 e.